The number of benzene rings is 1. The maximum absolute atomic E-state index is 12.6. The van der Waals surface area contributed by atoms with Crippen molar-refractivity contribution < 1.29 is 9.00 Å². The van der Waals surface area contributed by atoms with Crippen LogP contribution < -0.4 is 0 Å². The van der Waals surface area contributed by atoms with E-state index in [0.717, 1.165) is 12.8 Å². The number of Topliss-reactive ketones (excluding diaryl/α,β-unsaturated/α-hetero) is 1. The smallest absolute Gasteiger partial charge is 0.168 e. The molecule has 0 aromatic heterocycles. The number of rotatable bonds is 4. The molecule has 1 aliphatic carbocycles. The molecule has 1 unspecified atom stereocenters. The van der Waals surface area contributed by atoms with E-state index in [2.05, 4.69) is 0 Å². The van der Waals surface area contributed by atoms with Gasteiger partial charge in [-0.05, 0) is 49.9 Å². The van der Waals surface area contributed by atoms with Crippen molar-refractivity contribution in [2.75, 3.05) is 0 Å². The van der Waals surface area contributed by atoms with Crippen molar-refractivity contribution in [1.82, 2.24) is 0 Å². The van der Waals surface area contributed by atoms with E-state index < -0.39 is 10.8 Å². The van der Waals surface area contributed by atoms with E-state index in [4.69, 9.17) is 11.6 Å². The molecule has 1 aromatic rings. The lowest BCUT2D eigenvalue weighted by Gasteiger charge is -2.19. The topological polar surface area (TPSA) is 34.1 Å². The lowest BCUT2D eigenvalue weighted by Crippen LogP contribution is -2.10. The summed E-state index contributed by atoms with van der Waals surface area (Å²) in [5.74, 6) is 0.280. The van der Waals surface area contributed by atoms with E-state index in [0.29, 0.717) is 20.7 Å². The Labute approximate surface area is 127 Å². The summed E-state index contributed by atoms with van der Waals surface area (Å²) in [6.07, 6.45) is 7.77. The molecule has 1 fully saturated rings. The van der Waals surface area contributed by atoms with Crippen molar-refractivity contribution in [1.29, 1.82) is 0 Å². The third-order valence-electron chi connectivity index (χ3n) is 3.61. The first kappa shape index (κ1) is 15.5. The van der Waals surface area contributed by atoms with Gasteiger partial charge in [0.2, 0.25) is 0 Å². The number of carbonyl (C=O) groups is 1. The molecule has 0 amide bonds. The standard InChI is InChI=1S/C16H19ClO2S/c1-12(18)16(11-13-5-3-2-4-6-13)20(19)15-9-7-14(17)8-10-15/h7-11,13H,2-6H2,1H3/b16-11-. The van der Waals surface area contributed by atoms with E-state index >= 15 is 0 Å². The van der Waals surface area contributed by atoms with Gasteiger partial charge in [-0.15, -0.1) is 0 Å². The Morgan fingerprint density at radius 2 is 1.80 bits per heavy atom. The zero-order chi connectivity index (χ0) is 14.5. The van der Waals surface area contributed by atoms with Crippen LogP contribution >= 0.6 is 11.6 Å². The van der Waals surface area contributed by atoms with Crippen LogP contribution in [0.4, 0.5) is 0 Å². The number of carbonyl (C=O) groups excluding carboxylic acids is 1. The molecule has 1 atom stereocenters. The molecule has 0 radical (unpaired) electrons. The molecule has 0 saturated heterocycles. The molecule has 1 aliphatic rings. The van der Waals surface area contributed by atoms with E-state index in [1.807, 2.05) is 6.08 Å². The fourth-order valence-corrected chi connectivity index (χ4v) is 3.85. The first-order valence-corrected chi connectivity index (χ1v) is 8.51. The Bertz CT molecular complexity index is 528. The molecule has 20 heavy (non-hydrogen) atoms. The fourth-order valence-electron chi connectivity index (χ4n) is 2.51. The van der Waals surface area contributed by atoms with Gasteiger partial charge in [-0.2, -0.15) is 0 Å². The Kier molecular flexibility index (Phi) is 5.55. The average molecular weight is 311 g/mol. The zero-order valence-electron chi connectivity index (χ0n) is 11.6. The van der Waals surface area contributed by atoms with Crippen molar-refractivity contribution in [3.05, 3.63) is 40.3 Å². The molecule has 2 rings (SSSR count). The summed E-state index contributed by atoms with van der Waals surface area (Å²) in [6, 6.07) is 6.84. The summed E-state index contributed by atoms with van der Waals surface area (Å²) < 4.78 is 12.6. The van der Waals surface area contributed by atoms with Crippen LogP contribution in [0, 0.1) is 5.92 Å². The van der Waals surface area contributed by atoms with Crippen LogP contribution in [0.5, 0.6) is 0 Å². The molecule has 0 heterocycles. The first-order valence-electron chi connectivity index (χ1n) is 6.98. The van der Waals surface area contributed by atoms with Crippen LogP contribution in [-0.4, -0.2) is 9.99 Å². The summed E-state index contributed by atoms with van der Waals surface area (Å²) in [7, 11) is -1.41. The summed E-state index contributed by atoms with van der Waals surface area (Å²) in [5, 5.41) is 0.603. The molecule has 0 aliphatic heterocycles. The average Bonchev–Trinajstić information content (AvgIpc) is 2.45. The van der Waals surface area contributed by atoms with Crippen LogP contribution in [0.2, 0.25) is 5.02 Å². The minimum absolute atomic E-state index is 0.108. The van der Waals surface area contributed by atoms with Crippen molar-refractivity contribution in [2.24, 2.45) is 5.92 Å². The number of ketones is 1. The molecule has 1 aromatic carbocycles. The third-order valence-corrected chi connectivity index (χ3v) is 5.39. The van der Waals surface area contributed by atoms with Crippen LogP contribution in [0.3, 0.4) is 0 Å². The molecule has 4 heteroatoms. The summed E-state index contributed by atoms with van der Waals surface area (Å²) >= 11 is 5.83. The second-order valence-corrected chi connectivity index (χ2v) is 7.09. The normalized spacial score (nSPS) is 18.8. The third kappa shape index (κ3) is 4.03. The van der Waals surface area contributed by atoms with E-state index in [-0.39, 0.29) is 5.78 Å². The van der Waals surface area contributed by atoms with Gasteiger partial charge in [-0.1, -0.05) is 36.9 Å². The second kappa shape index (κ2) is 7.19. The van der Waals surface area contributed by atoms with Gasteiger partial charge < -0.3 is 0 Å². The maximum atomic E-state index is 12.6. The Morgan fingerprint density at radius 3 is 2.35 bits per heavy atom. The lowest BCUT2D eigenvalue weighted by atomic mass is 9.89. The predicted octanol–water partition coefficient (Wildman–Crippen LogP) is 4.50. The Morgan fingerprint density at radius 1 is 1.20 bits per heavy atom. The van der Waals surface area contributed by atoms with E-state index in [9.17, 15) is 9.00 Å². The minimum atomic E-state index is -1.41. The van der Waals surface area contributed by atoms with Gasteiger partial charge >= 0.3 is 0 Å². The highest BCUT2D eigenvalue weighted by molar-refractivity contribution is 7.90. The fraction of sp³-hybridized carbons (Fsp3) is 0.438. The van der Waals surface area contributed by atoms with Gasteiger partial charge in [0, 0.05) is 9.92 Å². The highest BCUT2D eigenvalue weighted by Gasteiger charge is 2.19. The minimum Gasteiger partial charge on any atom is -0.294 e. The Hall–Kier alpha value is -0.930. The lowest BCUT2D eigenvalue weighted by molar-refractivity contribution is -0.113. The van der Waals surface area contributed by atoms with Crippen molar-refractivity contribution in [3.63, 3.8) is 0 Å². The summed E-state index contributed by atoms with van der Waals surface area (Å²) in [4.78, 5) is 12.9. The van der Waals surface area contributed by atoms with Crippen LogP contribution in [0.15, 0.2) is 40.1 Å². The van der Waals surface area contributed by atoms with Crippen molar-refractivity contribution in [3.8, 4) is 0 Å². The maximum Gasteiger partial charge on any atom is 0.168 e. The predicted molar refractivity (Wildman–Crippen MR) is 83.2 cm³/mol. The van der Waals surface area contributed by atoms with Crippen molar-refractivity contribution >= 4 is 28.2 Å². The highest BCUT2D eigenvalue weighted by atomic mass is 35.5. The second-order valence-electron chi connectivity index (χ2n) is 5.21. The monoisotopic (exact) mass is 310 g/mol. The number of hydrogen-bond donors (Lipinski definition) is 0. The van der Waals surface area contributed by atoms with Crippen LogP contribution in [0.1, 0.15) is 39.0 Å². The van der Waals surface area contributed by atoms with Gasteiger partial charge in [-0.3, -0.25) is 4.79 Å². The van der Waals surface area contributed by atoms with Gasteiger partial charge in [-0.25, -0.2) is 4.21 Å². The molecule has 0 bridgehead atoms. The first-order chi connectivity index (χ1) is 9.58. The molecule has 0 N–H and O–H groups in total. The molecule has 1 saturated carbocycles. The van der Waals surface area contributed by atoms with Gasteiger partial charge in [0.05, 0.1) is 15.7 Å². The zero-order valence-corrected chi connectivity index (χ0v) is 13.2. The van der Waals surface area contributed by atoms with Gasteiger partial charge in [0.25, 0.3) is 0 Å². The molecule has 108 valence electrons. The van der Waals surface area contributed by atoms with E-state index in [1.165, 1.54) is 26.2 Å². The van der Waals surface area contributed by atoms with Crippen LogP contribution in [-0.2, 0) is 15.6 Å². The SMILES string of the molecule is CC(=O)/C(=C/C1CCCCC1)S(=O)c1ccc(Cl)cc1. The quantitative estimate of drug-likeness (QED) is 0.767. The number of hydrogen-bond acceptors (Lipinski definition) is 2. The van der Waals surface area contributed by atoms with E-state index in [1.54, 1.807) is 24.3 Å². The largest absolute Gasteiger partial charge is 0.294 e. The summed E-state index contributed by atoms with van der Waals surface area (Å²) in [5.41, 5.74) is 0. The molecular formula is C16H19ClO2S. The van der Waals surface area contributed by atoms with Crippen molar-refractivity contribution in [2.45, 2.75) is 43.9 Å². The molecular weight excluding hydrogens is 292 g/mol. The molecule has 2 nitrogen and oxygen atoms in total. The van der Waals surface area contributed by atoms with Gasteiger partial charge in [0.1, 0.15) is 0 Å². The van der Waals surface area contributed by atoms with Gasteiger partial charge in [0.15, 0.2) is 5.78 Å². The highest BCUT2D eigenvalue weighted by Crippen LogP contribution is 2.27. The summed E-state index contributed by atoms with van der Waals surface area (Å²) in [6.45, 7) is 1.49. The molecule has 0 spiro atoms. The number of allylic oxidation sites excluding steroid dienone is 2. The number of halogens is 1. The van der Waals surface area contributed by atoms with Crippen LogP contribution in [0.25, 0.3) is 0 Å². The Balaban J connectivity index is 2.23.